The summed E-state index contributed by atoms with van der Waals surface area (Å²) in [7, 11) is 0. The van der Waals surface area contributed by atoms with Gasteiger partial charge in [0.05, 0.1) is 6.33 Å². The molecule has 0 aromatic carbocycles. The van der Waals surface area contributed by atoms with Gasteiger partial charge in [-0.15, -0.1) is 0 Å². The Morgan fingerprint density at radius 1 is 1.40 bits per heavy atom. The molecule has 0 aliphatic heterocycles. The molecule has 0 aliphatic rings. The first-order chi connectivity index (χ1) is 7.04. The molecule has 0 radical (unpaired) electrons. The molecule has 0 saturated heterocycles. The van der Waals surface area contributed by atoms with E-state index in [1.807, 2.05) is 6.07 Å². The summed E-state index contributed by atoms with van der Waals surface area (Å²) in [5.41, 5.74) is 1.24. The van der Waals surface area contributed by atoms with Crippen LogP contribution >= 0.6 is 0 Å². The van der Waals surface area contributed by atoms with Gasteiger partial charge in [0.25, 0.3) is 0 Å². The molecular formula is C12H16FNO. The summed E-state index contributed by atoms with van der Waals surface area (Å²) >= 11 is 0. The minimum absolute atomic E-state index is 0.0877. The number of nitrogens with zero attached hydrogens (tertiary/aromatic N) is 1. The Morgan fingerprint density at radius 3 is 2.60 bits per heavy atom. The van der Waals surface area contributed by atoms with Crippen LogP contribution in [0, 0.1) is 0 Å². The molecule has 82 valence electrons. The average molecular weight is 209 g/mol. The molecule has 1 heterocycles. The molecule has 0 atom stereocenters. The number of pyridine rings is 1. The van der Waals surface area contributed by atoms with E-state index in [1.165, 1.54) is 6.08 Å². The van der Waals surface area contributed by atoms with Gasteiger partial charge < -0.3 is 4.74 Å². The van der Waals surface area contributed by atoms with E-state index in [2.05, 4.69) is 25.8 Å². The summed E-state index contributed by atoms with van der Waals surface area (Å²) in [6.07, 6.45) is 3.54. The number of halogens is 1. The number of hydrogen-bond donors (Lipinski definition) is 0. The Kier molecular flexibility index (Phi) is 3.83. The Bertz CT molecular complexity index is 324. The fourth-order valence-corrected chi connectivity index (χ4v) is 1.08. The van der Waals surface area contributed by atoms with Crippen LogP contribution < -0.4 is 4.74 Å². The smallest absolute Gasteiger partial charge is 0.213 e. The zero-order valence-corrected chi connectivity index (χ0v) is 9.33. The van der Waals surface area contributed by atoms with Crippen molar-refractivity contribution in [1.82, 2.24) is 4.98 Å². The van der Waals surface area contributed by atoms with Crippen molar-refractivity contribution >= 4 is 0 Å². The van der Waals surface area contributed by atoms with E-state index in [1.54, 1.807) is 12.3 Å². The van der Waals surface area contributed by atoms with Gasteiger partial charge >= 0.3 is 0 Å². The van der Waals surface area contributed by atoms with Crippen molar-refractivity contribution in [2.75, 3.05) is 6.61 Å². The van der Waals surface area contributed by atoms with Crippen molar-refractivity contribution in [2.24, 2.45) is 0 Å². The molecule has 3 heteroatoms. The molecular weight excluding hydrogens is 193 g/mol. The highest BCUT2D eigenvalue weighted by atomic mass is 19.1. The van der Waals surface area contributed by atoms with Gasteiger partial charge in [0, 0.05) is 12.3 Å². The molecule has 15 heavy (non-hydrogen) atoms. The molecule has 0 amide bonds. The molecule has 1 aromatic heterocycles. The maximum absolute atomic E-state index is 11.6. The molecule has 0 unspecified atom stereocenters. The fourth-order valence-electron chi connectivity index (χ4n) is 1.08. The van der Waals surface area contributed by atoms with Crippen molar-refractivity contribution in [2.45, 2.75) is 26.2 Å². The van der Waals surface area contributed by atoms with Gasteiger partial charge in [-0.1, -0.05) is 26.8 Å². The SMILES string of the molecule is CC(C)(C)c1ccc(OC/C=C\F)nc1. The third-order valence-electron chi connectivity index (χ3n) is 2.02. The topological polar surface area (TPSA) is 22.1 Å². The van der Waals surface area contributed by atoms with Crippen LogP contribution in [-0.4, -0.2) is 11.6 Å². The lowest BCUT2D eigenvalue weighted by Crippen LogP contribution is -2.11. The Labute approximate surface area is 89.8 Å². The first-order valence-electron chi connectivity index (χ1n) is 4.88. The summed E-state index contributed by atoms with van der Waals surface area (Å²) in [6.45, 7) is 6.57. The van der Waals surface area contributed by atoms with Crippen molar-refractivity contribution in [3.05, 3.63) is 36.3 Å². The average Bonchev–Trinajstić information content (AvgIpc) is 2.18. The highest BCUT2D eigenvalue weighted by molar-refractivity contribution is 5.23. The van der Waals surface area contributed by atoms with Crippen LogP contribution in [0.25, 0.3) is 0 Å². The number of ether oxygens (including phenoxy) is 1. The standard InChI is InChI=1S/C12H16FNO/c1-12(2,3)10-5-6-11(14-9-10)15-8-4-7-13/h4-7,9H,8H2,1-3H3/b7-4-. The van der Waals surface area contributed by atoms with E-state index < -0.39 is 0 Å². The predicted octanol–water partition coefficient (Wildman–Crippen LogP) is 3.24. The second-order valence-corrected chi connectivity index (χ2v) is 4.31. The molecule has 0 fully saturated rings. The van der Waals surface area contributed by atoms with Crippen LogP contribution in [-0.2, 0) is 5.41 Å². The summed E-state index contributed by atoms with van der Waals surface area (Å²) in [4.78, 5) is 4.14. The van der Waals surface area contributed by atoms with Crippen molar-refractivity contribution in [3.63, 3.8) is 0 Å². The van der Waals surface area contributed by atoms with Crippen LogP contribution in [0.1, 0.15) is 26.3 Å². The van der Waals surface area contributed by atoms with Gasteiger partial charge in [-0.25, -0.2) is 9.37 Å². The highest BCUT2D eigenvalue weighted by Crippen LogP contribution is 2.22. The predicted molar refractivity (Wildman–Crippen MR) is 58.7 cm³/mol. The fraction of sp³-hybridized carbons (Fsp3) is 0.417. The molecule has 0 saturated carbocycles. The van der Waals surface area contributed by atoms with Crippen molar-refractivity contribution in [3.8, 4) is 5.88 Å². The van der Waals surface area contributed by atoms with Gasteiger partial charge in [-0.2, -0.15) is 0 Å². The maximum Gasteiger partial charge on any atom is 0.213 e. The first-order valence-corrected chi connectivity index (χ1v) is 4.88. The second-order valence-electron chi connectivity index (χ2n) is 4.31. The third kappa shape index (κ3) is 3.70. The molecule has 0 N–H and O–H groups in total. The third-order valence-corrected chi connectivity index (χ3v) is 2.02. The lowest BCUT2D eigenvalue weighted by atomic mass is 9.88. The zero-order valence-electron chi connectivity index (χ0n) is 9.33. The zero-order chi connectivity index (χ0) is 11.3. The number of aromatic nitrogens is 1. The summed E-state index contributed by atoms with van der Waals surface area (Å²) in [5.74, 6) is 0.515. The first kappa shape index (κ1) is 11.7. The van der Waals surface area contributed by atoms with E-state index in [0.29, 0.717) is 12.2 Å². The Balaban J connectivity index is 2.64. The number of rotatable bonds is 3. The Morgan fingerprint density at radius 2 is 2.13 bits per heavy atom. The van der Waals surface area contributed by atoms with Gasteiger partial charge in [0.1, 0.15) is 6.61 Å². The van der Waals surface area contributed by atoms with Gasteiger partial charge in [-0.3, -0.25) is 0 Å². The second kappa shape index (κ2) is 4.91. The van der Waals surface area contributed by atoms with E-state index >= 15 is 0 Å². The molecule has 0 bridgehead atoms. The molecule has 1 aromatic rings. The molecule has 1 rings (SSSR count). The van der Waals surface area contributed by atoms with Crippen LogP contribution in [0.5, 0.6) is 5.88 Å². The van der Waals surface area contributed by atoms with E-state index in [4.69, 9.17) is 4.74 Å². The van der Waals surface area contributed by atoms with Gasteiger partial charge in [0.2, 0.25) is 5.88 Å². The van der Waals surface area contributed by atoms with Crippen LogP contribution in [0.3, 0.4) is 0 Å². The normalized spacial score (nSPS) is 12.0. The quantitative estimate of drug-likeness (QED) is 0.762. The van der Waals surface area contributed by atoms with Gasteiger partial charge in [-0.05, 0) is 17.1 Å². The van der Waals surface area contributed by atoms with Crippen LogP contribution in [0.15, 0.2) is 30.7 Å². The van der Waals surface area contributed by atoms with E-state index in [0.717, 1.165) is 5.56 Å². The molecule has 0 aliphatic carbocycles. The van der Waals surface area contributed by atoms with Crippen LogP contribution in [0.2, 0.25) is 0 Å². The lowest BCUT2D eigenvalue weighted by Gasteiger charge is -2.18. The molecule has 2 nitrogen and oxygen atoms in total. The number of hydrogen-bond acceptors (Lipinski definition) is 2. The van der Waals surface area contributed by atoms with E-state index in [-0.39, 0.29) is 12.0 Å². The van der Waals surface area contributed by atoms with Crippen molar-refractivity contribution in [1.29, 1.82) is 0 Å². The monoisotopic (exact) mass is 209 g/mol. The minimum Gasteiger partial charge on any atom is -0.473 e. The maximum atomic E-state index is 11.6. The largest absolute Gasteiger partial charge is 0.473 e. The van der Waals surface area contributed by atoms with E-state index in [9.17, 15) is 4.39 Å². The summed E-state index contributed by atoms with van der Waals surface area (Å²) < 4.78 is 16.8. The molecule has 0 spiro atoms. The summed E-state index contributed by atoms with van der Waals surface area (Å²) in [6, 6.07) is 3.77. The minimum atomic E-state index is 0.0877. The summed E-state index contributed by atoms with van der Waals surface area (Å²) in [5, 5.41) is 0. The van der Waals surface area contributed by atoms with Crippen molar-refractivity contribution < 1.29 is 9.13 Å². The Hall–Kier alpha value is -1.38. The van der Waals surface area contributed by atoms with Gasteiger partial charge in [0.15, 0.2) is 0 Å². The lowest BCUT2D eigenvalue weighted by molar-refractivity contribution is 0.346. The highest BCUT2D eigenvalue weighted by Gasteiger charge is 2.13. The van der Waals surface area contributed by atoms with Crippen LogP contribution in [0.4, 0.5) is 4.39 Å².